The first-order valence-corrected chi connectivity index (χ1v) is 8.45. The van der Waals surface area contributed by atoms with E-state index in [4.69, 9.17) is 0 Å². The van der Waals surface area contributed by atoms with E-state index in [1.54, 1.807) is 23.1 Å². The molecular weight excluding hydrogens is 331 g/mol. The van der Waals surface area contributed by atoms with E-state index in [0.29, 0.717) is 23.7 Å². The molecular formula is C20H17FN4O. The zero-order valence-corrected chi connectivity index (χ0v) is 14.0. The summed E-state index contributed by atoms with van der Waals surface area (Å²) in [4.78, 5) is 23.0. The Balaban J connectivity index is 1.60. The molecule has 26 heavy (non-hydrogen) atoms. The van der Waals surface area contributed by atoms with Gasteiger partial charge in [0.1, 0.15) is 23.7 Å². The molecule has 5 nitrogen and oxygen atoms in total. The van der Waals surface area contributed by atoms with Gasteiger partial charge < -0.3 is 10.2 Å². The van der Waals surface area contributed by atoms with Crippen LogP contribution in [-0.4, -0.2) is 22.4 Å². The number of hydrogen-bond donors (Lipinski definition) is 1. The van der Waals surface area contributed by atoms with Gasteiger partial charge in [0.2, 0.25) is 0 Å². The van der Waals surface area contributed by atoms with Crippen molar-refractivity contribution in [3.05, 3.63) is 78.0 Å². The normalized spacial score (nSPS) is 13.2. The average Bonchev–Trinajstić information content (AvgIpc) is 2.67. The van der Waals surface area contributed by atoms with Crippen LogP contribution in [-0.2, 0) is 6.42 Å². The monoisotopic (exact) mass is 348 g/mol. The van der Waals surface area contributed by atoms with E-state index < -0.39 is 0 Å². The van der Waals surface area contributed by atoms with Crippen molar-refractivity contribution in [3.63, 3.8) is 0 Å². The standard InChI is InChI=1S/C20H17FN4O/c21-15-7-3-8-16(11-15)24-19-12-17(22-13-23-19)20(26)25-10-4-6-14-5-1-2-9-18(14)25/h1-3,5,7-9,11-13H,4,6,10H2,(H,22,23,24). The molecule has 1 aliphatic heterocycles. The Hall–Kier alpha value is -3.28. The van der Waals surface area contributed by atoms with Crippen LogP contribution in [0.1, 0.15) is 22.5 Å². The number of halogens is 1. The molecule has 0 saturated heterocycles. The van der Waals surface area contributed by atoms with Crippen LogP contribution in [0, 0.1) is 5.82 Å². The number of carbonyl (C=O) groups is 1. The molecule has 1 amide bonds. The van der Waals surface area contributed by atoms with Gasteiger partial charge >= 0.3 is 0 Å². The molecule has 0 radical (unpaired) electrons. The molecule has 1 N–H and O–H groups in total. The topological polar surface area (TPSA) is 58.1 Å². The Labute approximate surface area is 150 Å². The van der Waals surface area contributed by atoms with Crippen molar-refractivity contribution in [2.24, 2.45) is 0 Å². The number of aromatic nitrogens is 2. The third-order valence-corrected chi connectivity index (χ3v) is 4.34. The van der Waals surface area contributed by atoms with Gasteiger partial charge in [0.05, 0.1) is 0 Å². The Morgan fingerprint density at radius 3 is 2.85 bits per heavy atom. The van der Waals surface area contributed by atoms with Crippen molar-refractivity contribution in [2.45, 2.75) is 12.8 Å². The van der Waals surface area contributed by atoms with Crippen LogP contribution in [0.2, 0.25) is 0 Å². The van der Waals surface area contributed by atoms with Gasteiger partial charge in [0.15, 0.2) is 0 Å². The second kappa shape index (κ2) is 6.92. The van der Waals surface area contributed by atoms with E-state index in [1.807, 2.05) is 24.3 Å². The summed E-state index contributed by atoms with van der Waals surface area (Å²) >= 11 is 0. The van der Waals surface area contributed by atoms with Crippen LogP contribution in [0.4, 0.5) is 21.6 Å². The lowest BCUT2D eigenvalue weighted by Gasteiger charge is -2.29. The summed E-state index contributed by atoms with van der Waals surface area (Å²) in [5.74, 6) is -0.0635. The zero-order valence-electron chi connectivity index (χ0n) is 14.0. The van der Waals surface area contributed by atoms with Crippen molar-refractivity contribution >= 4 is 23.1 Å². The lowest BCUT2D eigenvalue weighted by Crippen LogP contribution is -2.36. The van der Waals surface area contributed by atoms with Gasteiger partial charge in [-0.05, 0) is 42.7 Å². The van der Waals surface area contributed by atoms with E-state index in [9.17, 15) is 9.18 Å². The number of nitrogens with zero attached hydrogens (tertiary/aromatic N) is 3. The van der Waals surface area contributed by atoms with Gasteiger partial charge in [-0.15, -0.1) is 0 Å². The first kappa shape index (κ1) is 16.2. The molecule has 3 aromatic rings. The molecule has 2 aromatic carbocycles. The number of anilines is 3. The first-order valence-electron chi connectivity index (χ1n) is 8.45. The quantitative estimate of drug-likeness (QED) is 0.779. The fraction of sp³-hybridized carbons (Fsp3) is 0.150. The number of aryl methyl sites for hydroxylation is 1. The minimum Gasteiger partial charge on any atom is -0.340 e. The zero-order chi connectivity index (χ0) is 17.9. The van der Waals surface area contributed by atoms with Crippen LogP contribution >= 0.6 is 0 Å². The van der Waals surface area contributed by atoms with E-state index in [2.05, 4.69) is 15.3 Å². The first-order chi connectivity index (χ1) is 12.7. The second-order valence-electron chi connectivity index (χ2n) is 6.11. The van der Waals surface area contributed by atoms with Crippen LogP contribution in [0.3, 0.4) is 0 Å². The van der Waals surface area contributed by atoms with Crippen LogP contribution < -0.4 is 10.2 Å². The summed E-state index contributed by atoms with van der Waals surface area (Å²) in [5, 5.41) is 3.00. The van der Waals surface area contributed by atoms with Crippen molar-refractivity contribution < 1.29 is 9.18 Å². The predicted molar refractivity (Wildman–Crippen MR) is 98.2 cm³/mol. The summed E-state index contributed by atoms with van der Waals surface area (Å²) in [6, 6.07) is 15.6. The van der Waals surface area contributed by atoms with Crippen molar-refractivity contribution in [1.82, 2.24) is 9.97 Å². The lowest BCUT2D eigenvalue weighted by molar-refractivity contribution is 0.0980. The number of benzene rings is 2. The van der Waals surface area contributed by atoms with E-state index in [0.717, 1.165) is 18.5 Å². The maximum atomic E-state index is 13.3. The van der Waals surface area contributed by atoms with Crippen LogP contribution in [0.5, 0.6) is 0 Å². The van der Waals surface area contributed by atoms with E-state index >= 15 is 0 Å². The number of amides is 1. The molecule has 0 aliphatic carbocycles. The minimum atomic E-state index is -0.342. The van der Waals surface area contributed by atoms with Gasteiger partial charge in [-0.2, -0.15) is 0 Å². The highest BCUT2D eigenvalue weighted by atomic mass is 19.1. The Bertz CT molecular complexity index is 960. The molecule has 130 valence electrons. The molecule has 0 atom stereocenters. The van der Waals surface area contributed by atoms with Crippen molar-refractivity contribution in [2.75, 3.05) is 16.8 Å². The van der Waals surface area contributed by atoms with Gasteiger partial charge in [0.25, 0.3) is 5.91 Å². The molecule has 0 fully saturated rings. The van der Waals surface area contributed by atoms with E-state index in [1.165, 1.54) is 24.0 Å². The molecule has 4 rings (SSSR count). The molecule has 0 unspecified atom stereocenters. The lowest BCUT2D eigenvalue weighted by atomic mass is 10.0. The van der Waals surface area contributed by atoms with Crippen molar-refractivity contribution in [3.8, 4) is 0 Å². The van der Waals surface area contributed by atoms with Gasteiger partial charge in [-0.3, -0.25) is 4.79 Å². The highest BCUT2D eigenvalue weighted by Crippen LogP contribution is 2.28. The largest absolute Gasteiger partial charge is 0.340 e. The second-order valence-corrected chi connectivity index (χ2v) is 6.11. The van der Waals surface area contributed by atoms with E-state index in [-0.39, 0.29) is 11.7 Å². The van der Waals surface area contributed by atoms with Gasteiger partial charge in [0, 0.05) is 24.0 Å². The SMILES string of the molecule is O=C(c1cc(Nc2cccc(F)c2)ncn1)N1CCCc2ccccc21. The Kier molecular flexibility index (Phi) is 4.31. The summed E-state index contributed by atoms with van der Waals surface area (Å²) in [5.41, 5.74) is 2.96. The molecule has 1 aliphatic rings. The number of para-hydroxylation sites is 1. The fourth-order valence-corrected chi connectivity index (χ4v) is 3.14. The highest BCUT2D eigenvalue weighted by molar-refractivity contribution is 6.05. The third-order valence-electron chi connectivity index (χ3n) is 4.34. The number of carbonyl (C=O) groups excluding carboxylic acids is 1. The minimum absolute atomic E-state index is 0.165. The smallest absolute Gasteiger partial charge is 0.277 e. The van der Waals surface area contributed by atoms with Gasteiger partial charge in [-0.1, -0.05) is 24.3 Å². The summed E-state index contributed by atoms with van der Waals surface area (Å²) < 4.78 is 13.3. The molecule has 0 bridgehead atoms. The fourth-order valence-electron chi connectivity index (χ4n) is 3.14. The van der Waals surface area contributed by atoms with Crippen molar-refractivity contribution in [1.29, 1.82) is 0 Å². The summed E-state index contributed by atoms with van der Waals surface area (Å²) in [6.07, 6.45) is 3.23. The molecule has 0 saturated carbocycles. The highest BCUT2D eigenvalue weighted by Gasteiger charge is 2.24. The molecule has 1 aromatic heterocycles. The number of hydrogen-bond acceptors (Lipinski definition) is 4. The summed E-state index contributed by atoms with van der Waals surface area (Å²) in [6.45, 7) is 0.659. The maximum absolute atomic E-state index is 13.3. The Morgan fingerprint density at radius 2 is 1.96 bits per heavy atom. The molecule has 2 heterocycles. The third kappa shape index (κ3) is 3.26. The van der Waals surface area contributed by atoms with Crippen LogP contribution in [0.15, 0.2) is 60.9 Å². The number of fused-ring (bicyclic) bond motifs is 1. The van der Waals surface area contributed by atoms with Gasteiger partial charge in [-0.25, -0.2) is 14.4 Å². The number of rotatable bonds is 3. The Morgan fingerprint density at radius 1 is 1.08 bits per heavy atom. The maximum Gasteiger partial charge on any atom is 0.277 e. The molecule has 6 heteroatoms. The van der Waals surface area contributed by atoms with Crippen LogP contribution in [0.25, 0.3) is 0 Å². The summed E-state index contributed by atoms with van der Waals surface area (Å²) in [7, 11) is 0. The molecule has 0 spiro atoms. The average molecular weight is 348 g/mol. The predicted octanol–water partition coefficient (Wildman–Crippen LogP) is 3.95. The number of nitrogens with one attached hydrogen (secondary N) is 1.